The van der Waals surface area contributed by atoms with E-state index in [1.165, 1.54) is 0 Å². The van der Waals surface area contributed by atoms with Gasteiger partial charge < -0.3 is 18.9 Å². The fourth-order valence-electron chi connectivity index (χ4n) is 2.02. The molecule has 6 heteroatoms. The molecule has 22 heavy (non-hydrogen) atoms. The Morgan fingerprint density at radius 3 is 1.50 bits per heavy atom. The summed E-state index contributed by atoms with van der Waals surface area (Å²) in [6.45, 7) is 4.84. The van der Waals surface area contributed by atoms with Crippen LogP contribution >= 0.6 is 0 Å². The monoisotopic (exact) mass is 306 g/mol. The Hall–Kier alpha value is -1.92. The molecule has 4 atom stereocenters. The lowest BCUT2D eigenvalue weighted by atomic mass is 10.1. The maximum atomic E-state index is 11.9. The third-order valence-corrected chi connectivity index (χ3v) is 3.71. The highest BCUT2D eigenvalue weighted by Crippen LogP contribution is 2.19. The van der Waals surface area contributed by atoms with Gasteiger partial charge >= 0.3 is 11.9 Å². The first kappa shape index (κ1) is 15.0. The number of hydrogen-bond donors (Lipinski definition) is 0. The summed E-state index contributed by atoms with van der Waals surface area (Å²) in [5.41, 5.74) is 0.783. The molecule has 118 valence electrons. The number of hydrogen-bond acceptors (Lipinski definition) is 6. The second-order valence-electron chi connectivity index (χ2n) is 5.54. The minimum absolute atomic E-state index is 0.00401. The molecule has 0 aromatic heterocycles. The fourth-order valence-corrected chi connectivity index (χ4v) is 2.02. The summed E-state index contributed by atoms with van der Waals surface area (Å²) in [5, 5.41) is 0. The van der Waals surface area contributed by atoms with Gasteiger partial charge in [-0.05, 0) is 38.1 Å². The molecular formula is C16H18O6. The largest absolute Gasteiger partial charge is 0.456 e. The van der Waals surface area contributed by atoms with Gasteiger partial charge in [-0.2, -0.15) is 0 Å². The Balaban J connectivity index is 1.56. The molecule has 0 spiro atoms. The van der Waals surface area contributed by atoms with E-state index in [9.17, 15) is 9.59 Å². The van der Waals surface area contributed by atoms with Crippen molar-refractivity contribution < 1.29 is 28.5 Å². The van der Waals surface area contributed by atoms with Crippen LogP contribution in [0.2, 0.25) is 0 Å². The Bertz CT molecular complexity index is 508. The van der Waals surface area contributed by atoms with E-state index in [1.807, 2.05) is 0 Å². The zero-order chi connectivity index (χ0) is 15.7. The van der Waals surface area contributed by atoms with Crippen molar-refractivity contribution in [1.29, 1.82) is 0 Å². The van der Waals surface area contributed by atoms with Crippen LogP contribution in [0.5, 0.6) is 0 Å². The molecule has 0 bridgehead atoms. The van der Waals surface area contributed by atoms with Crippen LogP contribution in [0.25, 0.3) is 0 Å². The molecule has 1 aromatic rings. The molecule has 6 nitrogen and oxygen atoms in total. The minimum Gasteiger partial charge on any atom is -0.456 e. The van der Waals surface area contributed by atoms with Gasteiger partial charge in [-0.3, -0.25) is 0 Å². The fraction of sp³-hybridized carbons (Fsp3) is 0.500. The molecule has 1 aromatic carbocycles. The Labute approximate surface area is 128 Å². The first-order chi connectivity index (χ1) is 10.5. The van der Waals surface area contributed by atoms with Crippen LogP contribution in [0.1, 0.15) is 34.6 Å². The second kappa shape index (κ2) is 6.06. The third-order valence-electron chi connectivity index (χ3n) is 3.71. The van der Waals surface area contributed by atoms with E-state index < -0.39 is 11.9 Å². The molecule has 3 rings (SSSR count). The molecule has 2 aliphatic rings. The standard InChI is InChI=1S/C16H18O6/c1-9(13-7-19-13)21-15(17)11-3-5-12(6-4-11)16(18)22-10(2)14-8-20-14/h3-6,9-10,13-14H,7-8H2,1-2H3. The second-order valence-corrected chi connectivity index (χ2v) is 5.54. The molecule has 2 aliphatic heterocycles. The van der Waals surface area contributed by atoms with Gasteiger partial charge in [0.1, 0.15) is 24.4 Å². The lowest BCUT2D eigenvalue weighted by Crippen LogP contribution is -2.21. The molecule has 0 N–H and O–H groups in total. The highest BCUT2D eigenvalue weighted by molar-refractivity contribution is 5.93. The summed E-state index contributed by atoms with van der Waals surface area (Å²) >= 11 is 0. The molecule has 0 amide bonds. The van der Waals surface area contributed by atoms with Gasteiger partial charge in [-0.1, -0.05) is 0 Å². The summed E-state index contributed by atoms with van der Waals surface area (Å²) in [6.07, 6.45) is -0.526. The van der Waals surface area contributed by atoms with Crippen LogP contribution in [0.4, 0.5) is 0 Å². The van der Waals surface area contributed by atoms with Crippen molar-refractivity contribution in [3.8, 4) is 0 Å². The molecular weight excluding hydrogens is 288 g/mol. The van der Waals surface area contributed by atoms with Crippen molar-refractivity contribution >= 4 is 11.9 Å². The Kier molecular flexibility index (Phi) is 4.13. The third kappa shape index (κ3) is 3.64. The van der Waals surface area contributed by atoms with E-state index in [0.717, 1.165) is 0 Å². The predicted molar refractivity (Wildman–Crippen MR) is 75.7 cm³/mol. The van der Waals surface area contributed by atoms with E-state index in [1.54, 1.807) is 38.1 Å². The topological polar surface area (TPSA) is 77.7 Å². The highest BCUT2D eigenvalue weighted by atomic mass is 16.6. The Morgan fingerprint density at radius 2 is 1.23 bits per heavy atom. The van der Waals surface area contributed by atoms with E-state index in [-0.39, 0.29) is 24.4 Å². The lowest BCUT2D eigenvalue weighted by Gasteiger charge is -2.12. The number of ether oxygens (including phenoxy) is 4. The maximum absolute atomic E-state index is 11.9. The number of epoxide rings is 2. The number of esters is 2. The highest BCUT2D eigenvalue weighted by Gasteiger charge is 2.33. The summed E-state index contributed by atoms with van der Waals surface area (Å²) < 4.78 is 20.7. The van der Waals surface area contributed by atoms with E-state index in [4.69, 9.17) is 18.9 Å². The first-order valence-corrected chi connectivity index (χ1v) is 7.30. The number of benzene rings is 1. The molecule has 0 saturated carbocycles. The van der Waals surface area contributed by atoms with Crippen LogP contribution in [0.3, 0.4) is 0 Å². The van der Waals surface area contributed by atoms with Gasteiger partial charge in [0, 0.05) is 0 Å². The number of carbonyl (C=O) groups is 2. The maximum Gasteiger partial charge on any atom is 0.338 e. The zero-order valence-corrected chi connectivity index (χ0v) is 12.5. The van der Waals surface area contributed by atoms with Gasteiger partial charge in [0.2, 0.25) is 0 Å². The summed E-state index contributed by atoms with van der Waals surface area (Å²) in [7, 11) is 0. The average Bonchev–Trinajstić information content (AvgIpc) is 3.40. The van der Waals surface area contributed by atoms with Crippen molar-refractivity contribution in [1.82, 2.24) is 0 Å². The van der Waals surface area contributed by atoms with Crippen molar-refractivity contribution in [2.75, 3.05) is 13.2 Å². The smallest absolute Gasteiger partial charge is 0.338 e. The van der Waals surface area contributed by atoms with Crippen LogP contribution in [-0.4, -0.2) is 49.6 Å². The van der Waals surface area contributed by atoms with E-state index >= 15 is 0 Å². The SMILES string of the molecule is CC(OC(=O)c1ccc(C(=O)OC(C)C2CO2)cc1)C1CO1. The minimum atomic E-state index is -0.428. The van der Waals surface area contributed by atoms with Crippen LogP contribution in [0.15, 0.2) is 24.3 Å². The van der Waals surface area contributed by atoms with Gasteiger partial charge in [0.15, 0.2) is 0 Å². The number of rotatable bonds is 6. The molecule has 0 aliphatic carbocycles. The van der Waals surface area contributed by atoms with Crippen molar-refractivity contribution in [3.05, 3.63) is 35.4 Å². The molecule has 4 unspecified atom stereocenters. The van der Waals surface area contributed by atoms with Gasteiger partial charge in [0.05, 0.1) is 24.3 Å². The van der Waals surface area contributed by atoms with Crippen LogP contribution < -0.4 is 0 Å². The molecule has 0 radical (unpaired) electrons. The quantitative estimate of drug-likeness (QED) is 0.586. The summed E-state index contributed by atoms with van der Waals surface area (Å²) in [5.74, 6) is -0.856. The first-order valence-electron chi connectivity index (χ1n) is 7.30. The Morgan fingerprint density at radius 1 is 0.909 bits per heavy atom. The van der Waals surface area contributed by atoms with Gasteiger partial charge in [-0.15, -0.1) is 0 Å². The lowest BCUT2D eigenvalue weighted by molar-refractivity contribution is 0.0264. The van der Waals surface area contributed by atoms with Crippen LogP contribution in [0, 0.1) is 0 Å². The van der Waals surface area contributed by atoms with Gasteiger partial charge in [0.25, 0.3) is 0 Å². The molecule has 2 fully saturated rings. The van der Waals surface area contributed by atoms with Crippen molar-refractivity contribution in [3.63, 3.8) is 0 Å². The van der Waals surface area contributed by atoms with Crippen LogP contribution in [-0.2, 0) is 18.9 Å². The molecule has 2 saturated heterocycles. The summed E-state index contributed by atoms with van der Waals surface area (Å²) in [4.78, 5) is 23.9. The average molecular weight is 306 g/mol. The van der Waals surface area contributed by atoms with Gasteiger partial charge in [-0.25, -0.2) is 9.59 Å². The zero-order valence-electron chi connectivity index (χ0n) is 12.5. The number of carbonyl (C=O) groups excluding carboxylic acids is 2. The van der Waals surface area contributed by atoms with E-state index in [0.29, 0.717) is 24.3 Å². The normalized spacial score (nSPS) is 25.0. The predicted octanol–water partition coefficient (Wildman–Crippen LogP) is 1.57. The van der Waals surface area contributed by atoms with Crippen molar-refractivity contribution in [2.45, 2.75) is 38.3 Å². The van der Waals surface area contributed by atoms with E-state index in [2.05, 4.69) is 0 Å². The van der Waals surface area contributed by atoms with Crippen molar-refractivity contribution in [2.24, 2.45) is 0 Å². The summed E-state index contributed by atoms with van der Waals surface area (Å²) in [6, 6.07) is 6.21. The molecule has 2 heterocycles.